The first-order valence-electron chi connectivity index (χ1n) is 6.46. The van der Waals surface area contributed by atoms with E-state index in [0.717, 1.165) is 39.0 Å². The molecule has 1 unspecified atom stereocenters. The Labute approximate surface area is 96.9 Å². The van der Waals surface area contributed by atoms with Crippen LogP contribution in [-0.4, -0.2) is 37.0 Å². The summed E-state index contributed by atoms with van der Waals surface area (Å²) in [5, 5.41) is 3.38. The summed E-state index contributed by atoms with van der Waals surface area (Å²) in [4.78, 5) is 14.3. The summed E-state index contributed by atoms with van der Waals surface area (Å²) < 4.78 is 0. The van der Waals surface area contributed by atoms with Gasteiger partial charge in [-0.25, -0.2) is 0 Å². The van der Waals surface area contributed by atoms with Gasteiger partial charge in [0.15, 0.2) is 0 Å². The Morgan fingerprint density at radius 1 is 1.31 bits per heavy atom. The minimum absolute atomic E-state index is 0.348. The highest BCUT2D eigenvalue weighted by atomic mass is 16.2. The van der Waals surface area contributed by atoms with Crippen LogP contribution >= 0.6 is 0 Å². The molecule has 0 radical (unpaired) electrons. The number of hydrogen-bond donors (Lipinski definition) is 1. The van der Waals surface area contributed by atoms with Gasteiger partial charge in [-0.2, -0.15) is 0 Å². The van der Waals surface area contributed by atoms with Crippen LogP contribution in [-0.2, 0) is 4.79 Å². The fourth-order valence-electron chi connectivity index (χ4n) is 3.24. The molecule has 0 aromatic carbocycles. The monoisotopic (exact) mass is 220 g/mol. The van der Waals surface area contributed by atoms with Gasteiger partial charge in [0.1, 0.15) is 0 Å². The standard InChI is InChI=1S/C13H20N2O/c16-12(15-8-2-1-3-9-15)11-10-13(11)4-6-14-7-5-13/h1-2,11,14H,3-10H2. The van der Waals surface area contributed by atoms with Gasteiger partial charge in [0.05, 0.1) is 0 Å². The molecule has 1 N–H and O–H groups in total. The Morgan fingerprint density at radius 2 is 2.12 bits per heavy atom. The van der Waals surface area contributed by atoms with Crippen LogP contribution in [0.1, 0.15) is 25.7 Å². The Balaban J connectivity index is 1.62. The van der Waals surface area contributed by atoms with Crippen molar-refractivity contribution in [1.29, 1.82) is 0 Å². The molecule has 1 atom stereocenters. The number of carbonyl (C=O) groups excluding carboxylic acids is 1. The van der Waals surface area contributed by atoms with Gasteiger partial charge >= 0.3 is 0 Å². The van der Waals surface area contributed by atoms with Crippen molar-refractivity contribution in [3.05, 3.63) is 12.2 Å². The van der Waals surface area contributed by atoms with E-state index < -0.39 is 0 Å². The summed E-state index contributed by atoms with van der Waals surface area (Å²) in [6.45, 7) is 3.97. The van der Waals surface area contributed by atoms with Crippen molar-refractivity contribution in [2.45, 2.75) is 25.7 Å². The lowest BCUT2D eigenvalue weighted by atomic mass is 9.91. The highest BCUT2D eigenvalue weighted by Gasteiger charge is 2.58. The zero-order chi connectivity index (χ0) is 11.0. The summed E-state index contributed by atoms with van der Waals surface area (Å²) in [7, 11) is 0. The lowest BCUT2D eigenvalue weighted by Crippen LogP contribution is -2.38. The van der Waals surface area contributed by atoms with Crippen molar-refractivity contribution in [2.75, 3.05) is 26.2 Å². The van der Waals surface area contributed by atoms with Crippen molar-refractivity contribution >= 4 is 5.91 Å². The molecule has 3 nitrogen and oxygen atoms in total. The average Bonchev–Trinajstić information content (AvgIpc) is 3.04. The van der Waals surface area contributed by atoms with Crippen molar-refractivity contribution < 1.29 is 4.79 Å². The topological polar surface area (TPSA) is 32.3 Å². The summed E-state index contributed by atoms with van der Waals surface area (Å²) in [5.74, 6) is 0.771. The van der Waals surface area contributed by atoms with E-state index in [2.05, 4.69) is 17.5 Å². The highest BCUT2D eigenvalue weighted by Crippen LogP contribution is 2.59. The molecule has 1 saturated carbocycles. The molecule has 0 bridgehead atoms. The summed E-state index contributed by atoms with van der Waals surface area (Å²) >= 11 is 0. The SMILES string of the molecule is O=C(C1CC12CCNCC2)N1CC=CCC1. The number of nitrogens with zero attached hydrogens (tertiary/aromatic N) is 1. The molecule has 2 aliphatic heterocycles. The quantitative estimate of drug-likeness (QED) is 0.673. The van der Waals surface area contributed by atoms with Crippen LogP contribution < -0.4 is 5.32 Å². The van der Waals surface area contributed by atoms with Crippen molar-refractivity contribution in [2.24, 2.45) is 11.3 Å². The number of piperidine rings is 1. The van der Waals surface area contributed by atoms with Gasteiger partial charge in [-0.3, -0.25) is 4.79 Å². The first kappa shape index (κ1) is 10.3. The predicted octanol–water partition coefficient (Wildman–Crippen LogP) is 1.16. The molecule has 1 saturated heterocycles. The van der Waals surface area contributed by atoms with E-state index in [9.17, 15) is 4.79 Å². The largest absolute Gasteiger partial charge is 0.338 e. The maximum absolute atomic E-state index is 12.3. The van der Waals surface area contributed by atoms with E-state index in [-0.39, 0.29) is 0 Å². The summed E-state index contributed by atoms with van der Waals surface area (Å²) in [5.41, 5.74) is 0.392. The van der Waals surface area contributed by atoms with Gasteiger partial charge in [-0.1, -0.05) is 12.2 Å². The molecule has 16 heavy (non-hydrogen) atoms. The molecule has 88 valence electrons. The first-order chi connectivity index (χ1) is 7.82. The molecule has 3 aliphatic rings. The second-order valence-electron chi connectivity index (χ2n) is 5.41. The first-order valence-corrected chi connectivity index (χ1v) is 6.46. The normalized spacial score (nSPS) is 31.8. The Hall–Kier alpha value is -0.830. The van der Waals surface area contributed by atoms with E-state index in [0.29, 0.717) is 17.2 Å². The Morgan fingerprint density at radius 3 is 2.81 bits per heavy atom. The Bertz CT molecular complexity index is 318. The molecular weight excluding hydrogens is 200 g/mol. The number of amides is 1. The number of hydrogen-bond acceptors (Lipinski definition) is 2. The number of carbonyl (C=O) groups is 1. The average molecular weight is 220 g/mol. The number of nitrogens with one attached hydrogen (secondary N) is 1. The molecule has 1 aliphatic carbocycles. The lowest BCUT2D eigenvalue weighted by molar-refractivity contribution is -0.133. The fraction of sp³-hybridized carbons (Fsp3) is 0.769. The van der Waals surface area contributed by atoms with Gasteiger partial charge in [0, 0.05) is 19.0 Å². The molecular formula is C13H20N2O. The molecule has 2 fully saturated rings. The predicted molar refractivity (Wildman–Crippen MR) is 63.0 cm³/mol. The van der Waals surface area contributed by atoms with Crippen molar-refractivity contribution in [1.82, 2.24) is 10.2 Å². The summed E-state index contributed by atoms with van der Waals surface area (Å²) in [6.07, 6.45) is 8.89. The van der Waals surface area contributed by atoms with Crippen LogP contribution in [0.5, 0.6) is 0 Å². The van der Waals surface area contributed by atoms with Gasteiger partial charge in [0.2, 0.25) is 5.91 Å². The van der Waals surface area contributed by atoms with Gasteiger partial charge in [-0.05, 0) is 44.2 Å². The fourth-order valence-corrected chi connectivity index (χ4v) is 3.24. The molecule has 1 spiro atoms. The van der Waals surface area contributed by atoms with Gasteiger partial charge < -0.3 is 10.2 Å². The van der Waals surface area contributed by atoms with E-state index in [1.54, 1.807) is 0 Å². The maximum Gasteiger partial charge on any atom is 0.226 e. The van der Waals surface area contributed by atoms with Crippen LogP contribution in [0.3, 0.4) is 0 Å². The smallest absolute Gasteiger partial charge is 0.226 e. The third kappa shape index (κ3) is 1.67. The highest BCUT2D eigenvalue weighted by molar-refractivity contribution is 5.83. The van der Waals surface area contributed by atoms with Crippen molar-refractivity contribution in [3.8, 4) is 0 Å². The Kier molecular flexibility index (Phi) is 2.51. The minimum atomic E-state index is 0.348. The van der Waals surface area contributed by atoms with Gasteiger partial charge in [-0.15, -0.1) is 0 Å². The molecule has 2 heterocycles. The lowest BCUT2D eigenvalue weighted by Gasteiger charge is -2.27. The van der Waals surface area contributed by atoms with Crippen LogP contribution in [0.2, 0.25) is 0 Å². The van der Waals surface area contributed by atoms with E-state index >= 15 is 0 Å². The third-order valence-electron chi connectivity index (χ3n) is 4.46. The van der Waals surface area contributed by atoms with Crippen LogP contribution in [0.15, 0.2) is 12.2 Å². The zero-order valence-corrected chi connectivity index (χ0v) is 9.74. The molecule has 0 aromatic heterocycles. The molecule has 3 rings (SSSR count). The second kappa shape index (κ2) is 3.88. The summed E-state index contributed by atoms with van der Waals surface area (Å²) in [6, 6.07) is 0. The van der Waals surface area contributed by atoms with E-state index in [1.165, 1.54) is 12.8 Å². The molecule has 1 amide bonds. The zero-order valence-electron chi connectivity index (χ0n) is 9.74. The van der Waals surface area contributed by atoms with Crippen LogP contribution in [0.25, 0.3) is 0 Å². The van der Waals surface area contributed by atoms with Crippen molar-refractivity contribution in [3.63, 3.8) is 0 Å². The second-order valence-corrected chi connectivity index (χ2v) is 5.41. The molecule has 0 aromatic rings. The minimum Gasteiger partial charge on any atom is -0.338 e. The maximum atomic E-state index is 12.3. The van der Waals surface area contributed by atoms with Crippen LogP contribution in [0, 0.1) is 11.3 Å². The van der Waals surface area contributed by atoms with Crippen LogP contribution in [0.4, 0.5) is 0 Å². The van der Waals surface area contributed by atoms with E-state index in [1.807, 2.05) is 4.90 Å². The molecule has 3 heteroatoms. The van der Waals surface area contributed by atoms with Gasteiger partial charge in [0.25, 0.3) is 0 Å². The third-order valence-corrected chi connectivity index (χ3v) is 4.46. The van der Waals surface area contributed by atoms with E-state index in [4.69, 9.17) is 0 Å². The number of rotatable bonds is 1.